The number of anilines is 2. The van der Waals surface area contributed by atoms with Crippen molar-refractivity contribution in [3.05, 3.63) is 52.8 Å². The van der Waals surface area contributed by atoms with E-state index in [4.69, 9.17) is 4.74 Å². The van der Waals surface area contributed by atoms with Crippen LogP contribution in [0.2, 0.25) is 0 Å². The molecule has 0 saturated carbocycles. The van der Waals surface area contributed by atoms with E-state index in [9.17, 15) is 14.0 Å². The van der Waals surface area contributed by atoms with Crippen LogP contribution in [0.3, 0.4) is 0 Å². The highest BCUT2D eigenvalue weighted by molar-refractivity contribution is 9.10. The Hall–Kier alpha value is -2.41. The topological polar surface area (TPSA) is 58.6 Å². The molecule has 0 radical (unpaired) electrons. The number of ether oxygens (including phenoxy) is 1. The second-order valence-corrected chi connectivity index (χ2v) is 6.93. The molecule has 1 aliphatic heterocycles. The average molecular weight is 421 g/mol. The molecule has 1 unspecified atom stereocenters. The van der Waals surface area contributed by atoms with E-state index in [1.165, 1.54) is 17.0 Å². The Morgan fingerprint density at radius 1 is 1.27 bits per heavy atom. The number of halogens is 2. The maximum absolute atomic E-state index is 14.3. The fourth-order valence-corrected chi connectivity index (χ4v) is 2.99. The first-order valence-corrected chi connectivity index (χ1v) is 9.06. The molecule has 5 nitrogen and oxygen atoms in total. The van der Waals surface area contributed by atoms with Gasteiger partial charge in [-0.2, -0.15) is 0 Å². The molecule has 3 rings (SSSR count). The summed E-state index contributed by atoms with van der Waals surface area (Å²) in [5.41, 5.74) is 0.554. The SMILES string of the molecule is CC(Oc1ccc(Br)cc1)C(=O)Nc1ccc(N2CCCC2=O)c(F)c1. The molecule has 1 atom stereocenters. The number of nitrogens with one attached hydrogen (secondary N) is 1. The van der Waals surface area contributed by atoms with E-state index in [1.54, 1.807) is 25.1 Å². The molecule has 1 N–H and O–H groups in total. The fourth-order valence-electron chi connectivity index (χ4n) is 2.72. The maximum Gasteiger partial charge on any atom is 0.265 e. The van der Waals surface area contributed by atoms with Crippen molar-refractivity contribution < 1.29 is 18.7 Å². The third-order valence-electron chi connectivity index (χ3n) is 4.08. The molecule has 7 heteroatoms. The van der Waals surface area contributed by atoms with Gasteiger partial charge in [0.2, 0.25) is 5.91 Å². The first-order valence-electron chi connectivity index (χ1n) is 8.27. The molecule has 2 amide bonds. The Labute approximate surface area is 159 Å². The summed E-state index contributed by atoms with van der Waals surface area (Å²) in [5, 5.41) is 2.63. The van der Waals surface area contributed by atoms with E-state index in [2.05, 4.69) is 21.2 Å². The fraction of sp³-hybridized carbons (Fsp3) is 0.263. The van der Waals surface area contributed by atoms with E-state index in [0.29, 0.717) is 24.4 Å². The first-order chi connectivity index (χ1) is 12.4. The Kier molecular flexibility index (Phi) is 5.56. The zero-order valence-electron chi connectivity index (χ0n) is 14.2. The molecule has 1 fully saturated rings. The minimum Gasteiger partial charge on any atom is -0.481 e. The van der Waals surface area contributed by atoms with Gasteiger partial charge in [0.05, 0.1) is 5.69 Å². The molecule has 2 aromatic rings. The number of carbonyl (C=O) groups is 2. The highest BCUT2D eigenvalue weighted by Crippen LogP contribution is 2.27. The third-order valence-corrected chi connectivity index (χ3v) is 4.60. The summed E-state index contributed by atoms with van der Waals surface area (Å²) in [7, 11) is 0. The normalized spacial score (nSPS) is 15.0. The van der Waals surface area contributed by atoms with Crippen LogP contribution in [-0.4, -0.2) is 24.5 Å². The van der Waals surface area contributed by atoms with Gasteiger partial charge in [-0.1, -0.05) is 15.9 Å². The molecule has 1 aliphatic rings. The van der Waals surface area contributed by atoms with E-state index in [1.807, 2.05) is 12.1 Å². The molecular formula is C19H18BrFN2O3. The summed E-state index contributed by atoms with van der Waals surface area (Å²) >= 11 is 3.33. The van der Waals surface area contributed by atoms with Crippen LogP contribution in [0.4, 0.5) is 15.8 Å². The van der Waals surface area contributed by atoms with Crippen molar-refractivity contribution in [2.45, 2.75) is 25.9 Å². The van der Waals surface area contributed by atoms with Crippen LogP contribution in [0.25, 0.3) is 0 Å². The molecule has 136 valence electrons. The standard InChI is InChI=1S/C19H18BrFN2O3/c1-12(26-15-7-4-13(20)5-8-15)19(25)22-14-6-9-17(16(21)11-14)23-10-2-3-18(23)24/h4-9,11-12H,2-3,10H2,1H3,(H,22,25). The van der Waals surface area contributed by atoms with Gasteiger partial charge < -0.3 is 15.0 Å². The minimum atomic E-state index is -0.751. The Bertz CT molecular complexity index is 826. The number of rotatable bonds is 5. The average Bonchev–Trinajstić information content (AvgIpc) is 3.03. The largest absolute Gasteiger partial charge is 0.481 e. The number of benzene rings is 2. The third kappa shape index (κ3) is 4.22. The lowest BCUT2D eigenvalue weighted by Gasteiger charge is -2.18. The zero-order chi connectivity index (χ0) is 18.7. The smallest absolute Gasteiger partial charge is 0.265 e. The lowest BCUT2D eigenvalue weighted by atomic mass is 10.2. The van der Waals surface area contributed by atoms with Crippen LogP contribution < -0.4 is 15.0 Å². The van der Waals surface area contributed by atoms with Crippen molar-refractivity contribution in [1.29, 1.82) is 0 Å². The van der Waals surface area contributed by atoms with Crippen LogP contribution in [-0.2, 0) is 9.59 Å². The number of hydrogen-bond acceptors (Lipinski definition) is 3. The second-order valence-electron chi connectivity index (χ2n) is 6.02. The molecule has 0 aliphatic carbocycles. The summed E-state index contributed by atoms with van der Waals surface area (Å²) < 4.78 is 20.8. The molecule has 26 heavy (non-hydrogen) atoms. The van der Waals surface area contributed by atoms with Gasteiger partial charge in [0.15, 0.2) is 6.10 Å². The lowest BCUT2D eigenvalue weighted by molar-refractivity contribution is -0.122. The summed E-state index contributed by atoms with van der Waals surface area (Å²) in [6, 6.07) is 11.4. The quantitative estimate of drug-likeness (QED) is 0.791. The van der Waals surface area contributed by atoms with Crippen LogP contribution >= 0.6 is 15.9 Å². The van der Waals surface area contributed by atoms with Crippen molar-refractivity contribution in [2.24, 2.45) is 0 Å². The monoisotopic (exact) mass is 420 g/mol. The number of amides is 2. The Balaban J connectivity index is 1.64. The van der Waals surface area contributed by atoms with Gasteiger partial charge in [0.1, 0.15) is 11.6 Å². The van der Waals surface area contributed by atoms with Crippen molar-refractivity contribution in [1.82, 2.24) is 0 Å². The van der Waals surface area contributed by atoms with E-state index in [0.717, 1.165) is 10.9 Å². The number of nitrogens with zero attached hydrogens (tertiary/aromatic N) is 1. The summed E-state index contributed by atoms with van der Waals surface area (Å²) in [6.07, 6.45) is 0.406. The van der Waals surface area contributed by atoms with Crippen LogP contribution in [0.1, 0.15) is 19.8 Å². The number of hydrogen-bond donors (Lipinski definition) is 1. The summed E-state index contributed by atoms with van der Waals surface area (Å²) in [6.45, 7) is 2.13. The molecule has 1 saturated heterocycles. The van der Waals surface area contributed by atoms with E-state index < -0.39 is 17.8 Å². The summed E-state index contributed by atoms with van der Waals surface area (Å²) in [4.78, 5) is 25.4. The minimum absolute atomic E-state index is 0.0859. The zero-order valence-corrected chi connectivity index (χ0v) is 15.8. The number of carbonyl (C=O) groups excluding carboxylic acids is 2. The lowest BCUT2D eigenvalue weighted by Crippen LogP contribution is -2.30. The Morgan fingerprint density at radius 2 is 2.00 bits per heavy atom. The van der Waals surface area contributed by atoms with Crippen molar-refractivity contribution >= 4 is 39.1 Å². The molecular weight excluding hydrogens is 403 g/mol. The van der Waals surface area contributed by atoms with Gasteiger partial charge in [0.25, 0.3) is 5.91 Å². The first kappa shape index (κ1) is 18.4. The molecule has 1 heterocycles. The second kappa shape index (κ2) is 7.86. The highest BCUT2D eigenvalue weighted by Gasteiger charge is 2.24. The van der Waals surface area contributed by atoms with Gasteiger partial charge >= 0.3 is 0 Å². The van der Waals surface area contributed by atoms with Gasteiger partial charge in [0, 0.05) is 23.1 Å². The van der Waals surface area contributed by atoms with Gasteiger partial charge in [-0.25, -0.2) is 4.39 Å². The van der Waals surface area contributed by atoms with Gasteiger partial charge in [-0.05, 0) is 55.8 Å². The predicted octanol–water partition coefficient (Wildman–Crippen LogP) is 4.12. The van der Waals surface area contributed by atoms with Crippen LogP contribution in [0.15, 0.2) is 46.9 Å². The van der Waals surface area contributed by atoms with Gasteiger partial charge in [-0.15, -0.1) is 0 Å². The van der Waals surface area contributed by atoms with Crippen molar-refractivity contribution in [3.63, 3.8) is 0 Å². The van der Waals surface area contributed by atoms with Crippen molar-refractivity contribution in [3.8, 4) is 5.75 Å². The summed E-state index contributed by atoms with van der Waals surface area (Å²) in [5.74, 6) is -0.459. The molecule has 2 aromatic carbocycles. The molecule has 0 bridgehead atoms. The van der Waals surface area contributed by atoms with Gasteiger partial charge in [-0.3, -0.25) is 9.59 Å². The van der Waals surface area contributed by atoms with Crippen LogP contribution in [0, 0.1) is 5.82 Å². The van der Waals surface area contributed by atoms with Crippen LogP contribution in [0.5, 0.6) is 5.75 Å². The highest BCUT2D eigenvalue weighted by atomic mass is 79.9. The Morgan fingerprint density at radius 3 is 2.62 bits per heavy atom. The van der Waals surface area contributed by atoms with Crippen molar-refractivity contribution in [2.75, 3.05) is 16.8 Å². The molecule has 0 aromatic heterocycles. The predicted molar refractivity (Wildman–Crippen MR) is 101 cm³/mol. The van der Waals surface area contributed by atoms with E-state index >= 15 is 0 Å². The van der Waals surface area contributed by atoms with E-state index in [-0.39, 0.29) is 11.6 Å². The molecule has 0 spiro atoms. The maximum atomic E-state index is 14.3.